The van der Waals surface area contributed by atoms with Crippen LogP contribution in [0, 0.1) is 6.92 Å². The van der Waals surface area contributed by atoms with E-state index in [1.54, 1.807) is 37.3 Å². The van der Waals surface area contributed by atoms with Gasteiger partial charge in [0.05, 0.1) is 12.1 Å². The first-order valence-electron chi connectivity index (χ1n) is 8.57. The highest BCUT2D eigenvalue weighted by Gasteiger charge is 2.73. The van der Waals surface area contributed by atoms with Gasteiger partial charge in [-0.05, 0) is 36.8 Å². The van der Waals surface area contributed by atoms with Crippen molar-refractivity contribution in [2.75, 3.05) is 18.5 Å². The Balaban J connectivity index is 2.11. The molecule has 3 rings (SSSR count). The Morgan fingerprint density at radius 1 is 0.933 bits per heavy atom. The van der Waals surface area contributed by atoms with Gasteiger partial charge in [0.1, 0.15) is 5.58 Å². The summed E-state index contributed by atoms with van der Waals surface area (Å²) in [7, 11) is 0.963. The summed E-state index contributed by atoms with van der Waals surface area (Å²) in [6, 6.07) is 11.1. The lowest BCUT2D eigenvalue weighted by molar-refractivity contribution is -0.351. The fourth-order valence-electron chi connectivity index (χ4n) is 3.04. The van der Waals surface area contributed by atoms with E-state index >= 15 is 0 Å². The van der Waals surface area contributed by atoms with Crippen LogP contribution in [0.2, 0.25) is 5.02 Å². The molecule has 30 heavy (non-hydrogen) atoms. The predicted molar refractivity (Wildman–Crippen MR) is 101 cm³/mol. The maximum Gasteiger partial charge on any atom is 0.459 e. The van der Waals surface area contributed by atoms with E-state index in [9.17, 15) is 30.7 Å². The number of hydrogen-bond donors (Lipinski definition) is 0. The second-order valence-corrected chi connectivity index (χ2v) is 7.36. The minimum absolute atomic E-state index is 0.262. The summed E-state index contributed by atoms with van der Waals surface area (Å²) in [5.74, 6) is -11.9. The number of fused-ring (bicyclic) bond motifs is 1. The summed E-state index contributed by atoms with van der Waals surface area (Å²) in [4.78, 5) is 0.554. The van der Waals surface area contributed by atoms with Crippen molar-refractivity contribution in [1.29, 1.82) is 0 Å². The van der Waals surface area contributed by atoms with Gasteiger partial charge < -0.3 is 9.32 Å². The molecule has 0 radical (unpaired) electrons. The minimum Gasteiger partial charge on any atom is -0.440 e. The number of hydrogen-bond acceptors (Lipinski definition) is 2. The summed E-state index contributed by atoms with van der Waals surface area (Å²) in [5, 5.41) is 0.888. The molecule has 2 aromatic carbocycles. The third kappa shape index (κ3) is 3.82. The van der Waals surface area contributed by atoms with E-state index in [4.69, 9.17) is 16.0 Å². The van der Waals surface area contributed by atoms with Gasteiger partial charge >= 0.3 is 18.0 Å². The molecule has 0 aliphatic rings. The van der Waals surface area contributed by atoms with E-state index in [-0.39, 0.29) is 17.0 Å². The van der Waals surface area contributed by atoms with Crippen molar-refractivity contribution in [3.05, 3.63) is 53.1 Å². The molecule has 0 unspecified atom stereocenters. The van der Waals surface area contributed by atoms with Gasteiger partial charge in [-0.15, -0.1) is 0 Å². The number of aryl methyl sites for hydroxylation is 1. The molecule has 0 amide bonds. The van der Waals surface area contributed by atoms with Crippen molar-refractivity contribution in [3.8, 4) is 11.1 Å². The fourth-order valence-corrected chi connectivity index (χ4v) is 3.17. The molecule has 0 saturated carbocycles. The maximum absolute atomic E-state index is 14.0. The van der Waals surface area contributed by atoms with Crippen LogP contribution < -0.4 is 4.90 Å². The number of benzene rings is 2. The molecule has 0 N–H and O–H groups in total. The lowest BCUT2D eigenvalue weighted by atomic mass is 10.0. The van der Waals surface area contributed by atoms with Gasteiger partial charge in [0.15, 0.2) is 0 Å². The first-order valence-corrected chi connectivity index (χ1v) is 8.95. The topological polar surface area (TPSA) is 16.4 Å². The Bertz CT molecular complexity index is 1060. The molecule has 0 aliphatic heterocycles. The van der Waals surface area contributed by atoms with Gasteiger partial charge in [-0.3, -0.25) is 0 Å². The molecule has 0 spiro atoms. The zero-order valence-electron chi connectivity index (χ0n) is 15.6. The number of rotatable bonds is 5. The van der Waals surface area contributed by atoms with Crippen LogP contribution in [0.5, 0.6) is 0 Å². The van der Waals surface area contributed by atoms with E-state index in [1.165, 1.54) is 12.1 Å². The van der Waals surface area contributed by atoms with Gasteiger partial charge in [0.2, 0.25) is 5.88 Å². The van der Waals surface area contributed by atoms with Gasteiger partial charge in [-0.1, -0.05) is 35.4 Å². The molecule has 162 valence electrons. The molecule has 2 nitrogen and oxygen atoms in total. The van der Waals surface area contributed by atoms with E-state index in [2.05, 4.69) is 0 Å². The van der Waals surface area contributed by atoms with Crippen molar-refractivity contribution in [1.82, 2.24) is 0 Å². The summed E-state index contributed by atoms with van der Waals surface area (Å²) in [6.07, 6.45) is -6.40. The molecular weight excluding hydrogens is 439 g/mol. The quantitative estimate of drug-likeness (QED) is 0.376. The van der Waals surface area contributed by atoms with Crippen LogP contribution in [-0.4, -0.2) is 31.6 Å². The highest BCUT2D eigenvalue weighted by Crippen LogP contribution is 2.48. The van der Waals surface area contributed by atoms with Gasteiger partial charge in [0.25, 0.3) is 0 Å². The molecule has 0 aliphatic carbocycles. The standard InChI is InChI=1S/C20H15ClF7NO/c1-11-3-8-15-14(9-11)16(12-4-6-13(21)7-5-12)17(30-15)29(2)10-18(22,23)19(24,25)20(26,27)28/h3-9H,10H2,1-2H3. The second-order valence-electron chi connectivity index (χ2n) is 6.92. The zero-order valence-corrected chi connectivity index (χ0v) is 16.4. The molecule has 0 bridgehead atoms. The Labute approximate surface area is 171 Å². The third-order valence-corrected chi connectivity index (χ3v) is 4.81. The van der Waals surface area contributed by atoms with Crippen molar-refractivity contribution in [2.24, 2.45) is 0 Å². The molecule has 0 saturated heterocycles. The van der Waals surface area contributed by atoms with Crippen LogP contribution >= 0.6 is 11.6 Å². The number of anilines is 1. The lowest BCUT2D eigenvalue weighted by Crippen LogP contribution is -2.56. The first kappa shape index (κ1) is 22.3. The summed E-state index contributed by atoms with van der Waals surface area (Å²) in [6.45, 7) is -0.140. The predicted octanol–water partition coefficient (Wildman–Crippen LogP) is 7.33. The van der Waals surface area contributed by atoms with Gasteiger partial charge in [-0.25, -0.2) is 0 Å². The molecule has 0 fully saturated rings. The van der Waals surface area contributed by atoms with E-state index in [0.29, 0.717) is 20.9 Å². The minimum atomic E-state index is -6.40. The summed E-state index contributed by atoms with van der Waals surface area (Å²) < 4.78 is 97.7. The lowest BCUT2D eigenvalue weighted by Gasteiger charge is -2.31. The maximum atomic E-state index is 14.0. The monoisotopic (exact) mass is 453 g/mol. The van der Waals surface area contributed by atoms with Crippen LogP contribution in [0.25, 0.3) is 22.1 Å². The normalized spacial score (nSPS) is 13.1. The second kappa shape index (κ2) is 7.37. The molecular formula is C20H15ClF7NO. The molecule has 1 heterocycles. The van der Waals surface area contributed by atoms with Crippen LogP contribution in [0.4, 0.5) is 36.6 Å². The smallest absolute Gasteiger partial charge is 0.440 e. The highest BCUT2D eigenvalue weighted by atomic mass is 35.5. The number of alkyl halides is 7. The van der Waals surface area contributed by atoms with Crippen molar-refractivity contribution in [3.63, 3.8) is 0 Å². The van der Waals surface area contributed by atoms with Crippen LogP contribution in [0.3, 0.4) is 0 Å². The zero-order chi connectivity index (χ0) is 22.5. The van der Waals surface area contributed by atoms with Crippen LogP contribution in [0.1, 0.15) is 5.56 Å². The first-order chi connectivity index (χ1) is 13.7. The van der Waals surface area contributed by atoms with Crippen molar-refractivity contribution < 1.29 is 35.2 Å². The number of furan rings is 1. The van der Waals surface area contributed by atoms with Crippen LogP contribution in [-0.2, 0) is 0 Å². The highest BCUT2D eigenvalue weighted by molar-refractivity contribution is 6.30. The Hall–Kier alpha value is -2.42. The number of nitrogens with zero attached hydrogens (tertiary/aromatic N) is 1. The Kier molecular flexibility index (Phi) is 5.47. The fraction of sp³-hybridized carbons (Fsp3) is 0.300. The number of halogens is 8. The van der Waals surface area contributed by atoms with E-state index in [0.717, 1.165) is 12.6 Å². The average molecular weight is 454 g/mol. The molecule has 10 heteroatoms. The SMILES string of the molecule is Cc1ccc2oc(N(C)CC(F)(F)C(F)(F)C(F)(F)F)c(-c3ccc(Cl)cc3)c2c1. The van der Waals surface area contributed by atoms with Gasteiger partial charge in [0, 0.05) is 17.5 Å². The van der Waals surface area contributed by atoms with E-state index < -0.39 is 24.6 Å². The van der Waals surface area contributed by atoms with Gasteiger partial charge in [-0.2, -0.15) is 30.7 Å². The molecule has 1 aromatic heterocycles. The van der Waals surface area contributed by atoms with Crippen molar-refractivity contribution in [2.45, 2.75) is 24.9 Å². The molecule has 0 atom stereocenters. The Morgan fingerprint density at radius 2 is 1.53 bits per heavy atom. The average Bonchev–Trinajstić information content (AvgIpc) is 2.99. The largest absolute Gasteiger partial charge is 0.459 e. The van der Waals surface area contributed by atoms with E-state index in [1.807, 2.05) is 0 Å². The summed E-state index contributed by atoms with van der Waals surface area (Å²) in [5.41, 5.74) is 1.82. The summed E-state index contributed by atoms with van der Waals surface area (Å²) >= 11 is 5.88. The van der Waals surface area contributed by atoms with Crippen molar-refractivity contribution >= 4 is 28.5 Å². The Morgan fingerprint density at radius 3 is 2.10 bits per heavy atom. The van der Waals surface area contributed by atoms with Crippen LogP contribution in [0.15, 0.2) is 46.9 Å². The third-order valence-electron chi connectivity index (χ3n) is 4.56. The molecule has 3 aromatic rings.